The Morgan fingerprint density at radius 3 is 2.06 bits per heavy atom. The number of rotatable bonds is 7. The molecule has 1 saturated heterocycles. The summed E-state index contributed by atoms with van der Waals surface area (Å²) in [6.45, 7) is 3.23. The average molecular weight is 499 g/mol. The number of piperidine rings is 1. The summed E-state index contributed by atoms with van der Waals surface area (Å²) in [5, 5.41) is 1.32. The molecule has 4 aromatic rings. The molecule has 178 valence electrons. The third-order valence-electron chi connectivity index (χ3n) is 6.89. The van der Waals surface area contributed by atoms with Gasteiger partial charge in [-0.05, 0) is 98.3 Å². The van der Waals surface area contributed by atoms with Crippen molar-refractivity contribution in [2.45, 2.75) is 37.5 Å². The van der Waals surface area contributed by atoms with Gasteiger partial charge in [0.25, 0.3) is 0 Å². The molecule has 0 unspecified atom stereocenters. The van der Waals surface area contributed by atoms with Gasteiger partial charge in [-0.2, -0.15) is 4.37 Å². The zero-order valence-electron chi connectivity index (χ0n) is 19.0. The van der Waals surface area contributed by atoms with Crippen LogP contribution in [0.3, 0.4) is 0 Å². The van der Waals surface area contributed by atoms with Gasteiger partial charge in [-0.25, -0.2) is 8.78 Å². The first-order valence-electron chi connectivity index (χ1n) is 11.7. The number of benzene rings is 3. The number of fused-ring (bicyclic) bond motifs is 1. The van der Waals surface area contributed by atoms with E-state index in [1.165, 1.54) is 40.0 Å². The van der Waals surface area contributed by atoms with Crippen LogP contribution in [0.5, 0.6) is 0 Å². The monoisotopic (exact) mass is 498 g/mol. The van der Waals surface area contributed by atoms with Gasteiger partial charge >= 0.3 is 0 Å². The van der Waals surface area contributed by atoms with E-state index < -0.39 is 0 Å². The standard InChI is InChI=1S/C28H28F2N2S.ClH/c29-23-11-7-20(8-12-23)25(21-9-13-24(30)14-10-21)5-3-17-32-18-15-22(16-19-32)28-26-4-1-2-6-27(26)33-31-28;/h1-2,4,6-14,22,25H,3,5,15-19H2;1H. The third-order valence-corrected chi connectivity index (χ3v) is 7.73. The zero-order chi connectivity index (χ0) is 22.6. The van der Waals surface area contributed by atoms with E-state index in [9.17, 15) is 8.78 Å². The van der Waals surface area contributed by atoms with Gasteiger partial charge in [0.2, 0.25) is 0 Å². The molecular formula is C28H29ClF2N2S. The maximum atomic E-state index is 13.5. The highest BCUT2D eigenvalue weighted by Gasteiger charge is 2.24. The maximum Gasteiger partial charge on any atom is 0.123 e. The van der Waals surface area contributed by atoms with E-state index in [2.05, 4.69) is 29.2 Å². The van der Waals surface area contributed by atoms with E-state index in [-0.39, 0.29) is 30.0 Å². The Kier molecular flexibility index (Phi) is 8.30. The number of hydrogen-bond acceptors (Lipinski definition) is 3. The lowest BCUT2D eigenvalue weighted by molar-refractivity contribution is 0.207. The predicted molar refractivity (Wildman–Crippen MR) is 139 cm³/mol. The number of halogens is 3. The van der Waals surface area contributed by atoms with Gasteiger partial charge in [-0.1, -0.05) is 42.5 Å². The van der Waals surface area contributed by atoms with Gasteiger partial charge in [0, 0.05) is 17.2 Å². The minimum Gasteiger partial charge on any atom is -0.303 e. The normalized spacial score (nSPS) is 15.0. The van der Waals surface area contributed by atoms with Crippen LogP contribution < -0.4 is 0 Å². The fourth-order valence-corrected chi connectivity index (χ4v) is 5.92. The second-order valence-electron chi connectivity index (χ2n) is 8.98. The molecule has 0 radical (unpaired) electrons. The van der Waals surface area contributed by atoms with Crippen LogP contribution in [0.4, 0.5) is 8.78 Å². The third kappa shape index (κ3) is 5.65. The van der Waals surface area contributed by atoms with E-state index in [0.29, 0.717) is 5.92 Å². The fourth-order valence-electron chi connectivity index (χ4n) is 5.06. The lowest BCUT2D eigenvalue weighted by atomic mass is 9.87. The van der Waals surface area contributed by atoms with Crippen LogP contribution in [0.2, 0.25) is 0 Å². The van der Waals surface area contributed by atoms with E-state index in [1.54, 1.807) is 11.5 Å². The Morgan fingerprint density at radius 1 is 0.853 bits per heavy atom. The Hall–Kier alpha value is -2.34. The van der Waals surface area contributed by atoms with Crippen molar-refractivity contribution in [2.24, 2.45) is 0 Å². The summed E-state index contributed by atoms with van der Waals surface area (Å²) in [6, 6.07) is 22.0. The number of likely N-dealkylation sites (tertiary alicyclic amines) is 1. The summed E-state index contributed by atoms with van der Waals surface area (Å²) in [5.41, 5.74) is 3.44. The molecule has 6 heteroatoms. The van der Waals surface area contributed by atoms with Crippen LogP contribution in [0.1, 0.15) is 54.3 Å². The quantitative estimate of drug-likeness (QED) is 0.258. The molecule has 0 amide bonds. The van der Waals surface area contributed by atoms with E-state index in [4.69, 9.17) is 4.37 Å². The minimum atomic E-state index is -0.229. The molecule has 0 atom stereocenters. The number of aromatic nitrogens is 1. The molecule has 0 spiro atoms. The van der Waals surface area contributed by atoms with Gasteiger partial charge in [-0.3, -0.25) is 0 Å². The molecule has 3 aromatic carbocycles. The highest BCUT2D eigenvalue weighted by molar-refractivity contribution is 7.13. The van der Waals surface area contributed by atoms with Crippen LogP contribution in [0, 0.1) is 11.6 Å². The predicted octanol–water partition coefficient (Wildman–Crippen LogP) is 7.79. The summed E-state index contributed by atoms with van der Waals surface area (Å²) in [4.78, 5) is 2.55. The molecule has 1 aliphatic rings. The Labute approximate surface area is 210 Å². The van der Waals surface area contributed by atoms with Crippen LogP contribution in [0.15, 0.2) is 72.8 Å². The van der Waals surface area contributed by atoms with Crippen LogP contribution in [0.25, 0.3) is 10.1 Å². The van der Waals surface area contributed by atoms with Crippen molar-refractivity contribution in [1.82, 2.24) is 9.27 Å². The van der Waals surface area contributed by atoms with E-state index >= 15 is 0 Å². The Morgan fingerprint density at radius 2 is 1.44 bits per heavy atom. The molecule has 0 N–H and O–H groups in total. The van der Waals surface area contributed by atoms with Crippen molar-refractivity contribution in [3.8, 4) is 0 Å². The van der Waals surface area contributed by atoms with Crippen molar-refractivity contribution in [1.29, 1.82) is 0 Å². The molecule has 1 fully saturated rings. The van der Waals surface area contributed by atoms with Crippen molar-refractivity contribution in [3.63, 3.8) is 0 Å². The fraction of sp³-hybridized carbons (Fsp3) is 0.321. The summed E-state index contributed by atoms with van der Waals surface area (Å²) in [6.07, 6.45) is 4.29. The van der Waals surface area contributed by atoms with Crippen molar-refractivity contribution < 1.29 is 8.78 Å². The number of nitrogens with zero attached hydrogens (tertiary/aromatic N) is 2. The summed E-state index contributed by atoms with van der Waals surface area (Å²) in [5.74, 6) is 0.230. The second kappa shape index (κ2) is 11.4. The minimum absolute atomic E-state index is 0. The van der Waals surface area contributed by atoms with E-state index in [0.717, 1.165) is 56.4 Å². The highest BCUT2D eigenvalue weighted by atomic mass is 35.5. The molecule has 1 aliphatic heterocycles. The van der Waals surface area contributed by atoms with Gasteiger partial charge in [0.05, 0.1) is 10.4 Å². The molecular weight excluding hydrogens is 470 g/mol. The second-order valence-corrected chi connectivity index (χ2v) is 9.78. The highest BCUT2D eigenvalue weighted by Crippen LogP contribution is 2.35. The van der Waals surface area contributed by atoms with Crippen molar-refractivity contribution in [3.05, 3.63) is 101 Å². The molecule has 0 saturated carbocycles. The summed E-state index contributed by atoms with van der Waals surface area (Å²) < 4.78 is 33.0. The van der Waals surface area contributed by atoms with Gasteiger partial charge in [-0.15, -0.1) is 12.4 Å². The van der Waals surface area contributed by atoms with Gasteiger partial charge < -0.3 is 4.90 Å². The maximum absolute atomic E-state index is 13.5. The van der Waals surface area contributed by atoms with Gasteiger partial charge in [0.15, 0.2) is 0 Å². The molecule has 34 heavy (non-hydrogen) atoms. The molecule has 0 aliphatic carbocycles. The van der Waals surface area contributed by atoms with E-state index in [1.807, 2.05) is 24.3 Å². The summed E-state index contributed by atoms with van der Waals surface area (Å²) >= 11 is 1.61. The first-order valence-corrected chi connectivity index (χ1v) is 12.5. The lowest BCUT2D eigenvalue weighted by Gasteiger charge is -2.31. The smallest absolute Gasteiger partial charge is 0.123 e. The van der Waals surface area contributed by atoms with Gasteiger partial charge in [0.1, 0.15) is 11.6 Å². The topological polar surface area (TPSA) is 16.1 Å². The van der Waals surface area contributed by atoms with Crippen molar-refractivity contribution in [2.75, 3.05) is 19.6 Å². The molecule has 2 heterocycles. The van der Waals surface area contributed by atoms with Crippen LogP contribution in [-0.2, 0) is 0 Å². The first kappa shape index (κ1) is 24.8. The van der Waals surface area contributed by atoms with Crippen molar-refractivity contribution >= 4 is 34.0 Å². The van der Waals surface area contributed by atoms with Crippen LogP contribution >= 0.6 is 23.9 Å². The average Bonchev–Trinajstić information content (AvgIpc) is 3.28. The summed E-state index contributed by atoms with van der Waals surface area (Å²) in [7, 11) is 0. The largest absolute Gasteiger partial charge is 0.303 e. The molecule has 5 rings (SSSR count). The molecule has 1 aromatic heterocycles. The molecule has 2 nitrogen and oxygen atoms in total. The first-order chi connectivity index (χ1) is 16.2. The van der Waals surface area contributed by atoms with Crippen LogP contribution in [-0.4, -0.2) is 28.9 Å². The molecule has 0 bridgehead atoms. The Balaban J connectivity index is 0.00000274. The Bertz CT molecular complexity index is 1140. The lowest BCUT2D eigenvalue weighted by Crippen LogP contribution is -2.34. The zero-order valence-corrected chi connectivity index (χ0v) is 20.6. The SMILES string of the molecule is Cl.Fc1ccc(C(CCCN2CCC(c3nsc4ccccc34)CC2)c2ccc(F)cc2)cc1. The number of hydrogen-bond donors (Lipinski definition) is 0.